The summed E-state index contributed by atoms with van der Waals surface area (Å²) in [5.41, 5.74) is 0. The van der Waals surface area contributed by atoms with Crippen molar-refractivity contribution in [3.63, 3.8) is 0 Å². The van der Waals surface area contributed by atoms with E-state index in [9.17, 15) is 0 Å². The molecule has 0 bridgehead atoms. The number of aliphatic hydroxyl groups is 1. The van der Waals surface area contributed by atoms with Crippen LogP contribution < -0.4 is 50.9 Å². The number of hydrogen-bond acceptors (Lipinski definition) is 1. The molecule has 0 unspecified atom stereocenters. The molecule has 0 rings (SSSR count). The molecule has 0 spiro atoms. The van der Waals surface area contributed by atoms with Crippen molar-refractivity contribution < 1.29 is 81.9 Å². The van der Waals surface area contributed by atoms with Crippen LogP contribution in [0.2, 0.25) is 0 Å². The summed E-state index contributed by atoms with van der Waals surface area (Å²) in [5, 5.41) is 7.00. The van der Waals surface area contributed by atoms with Crippen LogP contribution in [0.15, 0.2) is 0 Å². The Balaban J connectivity index is -0.000000000833. The van der Waals surface area contributed by atoms with Crippen LogP contribution >= 0.6 is 0 Å². The Bertz CT molecular complexity index is 10.8. The molecule has 0 fully saturated rings. The van der Waals surface area contributed by atoms with Crippen LogP contribution in [-0.2, 0) is 25.8 Å². The predicted octanol–water partition coefficient (Wildman–Crippen LogP) is -9.38. The van der Waals surface area contributed by atoms with Gasteiger partial charge >= 0.3 is 0 Å². The van der Waals surface area contributed by atoms with Crippen molar-refractivity contribution in [2.75, 3.05) is 7.11 Å². The van der Waals surface area contributed by atoms with E-state index in [1.807, 2.05) is 0 Å². The van der Waals surface area contributed by atoms with Gasteiger partial charge < -0.3 is 56.1 Å². The average Bonchev–Trinajstić information content (AvgIpc) is 1.00. The molecule has 42 valence electrons. The van der Waals surface area contributed by atoms with Gasteiger partial charge in [0.05, 0.1) is 0 Å². The van der Waals surface area contributed by atoms with Gasteiger partial charge in [-0.3, -0.25) is 0 Å². The smallest absolute Gasteiger partial charge is 0.0319 e. The van der Waals surface area contributed by atoms with Crippen LogP contribution in [-0.4, -0.2) is 12.2 Å². The van der Waals surface area contributed by atoms with Crippen molar-refractivity contribution in [2.45, 2.75) is 0 Å². The summed E-state index contributed by atoms with van der Waals surface area (Å²) in [7, 11) is 1.00. The summed E-state index contributed by atoms with van der Waals surface area (Å²) in [6.45, 7) is 0. The minimum absolute atomic E-state index is 0. The number of halogens is 3. The monoisotopic (exact) mass is 449 g/mol. The number of hydrogen-bond donors (Lipinski definition) is 1. The van der Waals surface area contributed by atoms with Crippen molar-refractivity contribution in [3.05, 3.63) is 0 Å². The Labute approximate surface area is 88.0 Å². The molecule has 0 aromatic carbocycles. The van der Waals surface area contributed by atoms with E-state index < -0.39 is 0 Å². The summed E-state index contributed by atoms with van der Waals surface area (Å²) in [6, 6.07) is 0. The molecule has 1 nitrogen and oxygen atoms in total. The molecule has 0 aromatic rings. The first kappa shape index (κ1) is 40.9. The maximum atomic E-state index is 7.00. The van der Waals surface area contributed by atoms with Crippen molar-refractivity contribution in [1.82, 2.24) is 0 Å². The van der Waals surface area contributed by atoms with Crippen LogP contribution in [0.25, 0.3) is 0 Å². The van der Waals surface area contributed by atoms with Crippen molar-refractivity contribution in [3.8, 4) is 0 Å². The quantitative estimate of drug-likeness (QED) is 0.364. The topological polar surface area (TPSA) is 20.2 Å². The standard InChI is InChI=1S/CH4O.3BrH.Hf/c1-2;;;;/h2H,1H3;3*1H;/p-3. The second kappa shape index (κ2) is 55.5. The second-order valence-electron chi connectivity index (χ2n) is 0. The minimum atomic E-state index is 0. The molecule has 0 radical (unpaired) electrons. The molecule has 0 amide bonds. The Morgan fingerprint density at radius 3 is 0.833 bits per heavy atom. The van der Waals surface area contributed by atoms with Gasteiger partial charge in [-0.25, -0.2) is 0 Å². The van der Waals surface area contributed by atoms with Gasteiger partial charge in [-0.05, 0) is 0 Å². The van der Waals surface area contributed by atoms with E-state index in [2.05, 4.69) is 0 Å². The van der Waals surface area contributed by atoms with Gasteiger partial charge in [0.15, 0.2) is 0 Å². The van der Waals surface area contributed by atoms with E-state index in [0.717, 1.165) is 7.11 Å². The Morgan fingerprint density at radius 1 is 0.833 bits per heavy atom. The Kier molecular flexibility index (Phi) is 378. The van der Waals surface area contributed by atoms with E-state index in [-0.39, 0.29) is 76.8 Å². The molecule has 1 N–H and O–H groups in total. The SMILES string of the molecule is CO.[Br-].[Br-].[Br-].[Hf]. The molecule has 0 aliphatic heterocycles. The maximum absolute atomic E-state index is 7.00. The van der Waals surface area contributed by atoms with Crippen LogP contribution in [0.3, 0.4) is 0 Å². The van der Waals surface area contributed by atoms with Crippen LogP contribution in [0.5, 0.6) is 0 Å². The first-order valence-corrected chi connectivity index (χ1v) is 0.447. The number of aliphatic hydroxyl groups excluding tert-OH is 1. The normalized spacial score (nSPS) is 1.00. The minimum Gasteiger partial charge on any atom is -1.00 e. The molecule has 0 atom stereocenters. The molecule has 0 saturated heterocycles. The fourth-order valence-electron chi connectivity index (χ4n) is 0. The third-order valence-electron chi connectivity index (χ3n) is 0. The third-order valence-corrected chi connectivity index (χ3v) is 0. The fraction of sp³-hybridized carbons (Fsp3) is 1.00. The van der Waals surface area contributed by atoms with Crippen molar-refractivity contribution >= 4 is 0 Å². The molecule has 0 aliphatic rings. The van der Waals surface area contributed by atoms with E-state index in [0.29, 0.717) is 0 Å². The van der Waals surface area contributed by atoms with E-state index in [4.69, 9.17) is 5.11 Å². The van der Waals surface area contributed by atoms with Gasteiger partial charge in [-0.2, -0.15) is 0 Å². The largest absolute Gasteiger partial charge is 1.00 e. The van der Waals surface area contributed by atoms with E-state index in [1.54, 1.807) is 0 Å². The number of rotatable bonds is 0. The molecule has 6 heavy (non-hydrogen) atoms. The van der Waals surface area contributed by atoms with Gasteiger partial charge in [0, 0.05) is 33.0 Å². The first-order chi connectivity index (χ1) is 1.00. The molecule has 0 saturated carbocycles. The Hall–Kier alpha value is 2.27. The zero-order chi connectivity index (χ0) is 2.00. The molecule has 0 aromatic heterocycles. The maximum Gasteiger partial charge on any atom is 0.0319 e. The van der Waals surface area contributed by atoms with Crippen molar-refractivity contribution in [1.29, 1.82) is 0 Å². The molecular weight excluding hydrogens is 446 g/mol. The van der Waals surface area contributed by atoms with E-state index >= 15 is 0 Å². The summed E-state index contributed by atoms with van der Waals surface area (Å²) < 4.78 is 0. The zero-order valence-electron chi connectivity index (χ0n) is 3.08. The summed E-state index contributed by atoms with van der Waals surface area (Å²) in [6.07, 6.45) is 0. The fourth-order valence-corrected chi connectivity index (χ4v) is 0. The van der Waals surface area contributed by atoms with Gasteiger partial charge in [0.1, 0.15) is 0 Å². The first-order valence-electron chi connectivity index (χ1n) is 0.447. The van der Waals surface area contributed by atoms with Crippen LogP contribution in [0.4, 0.5) is 0 Å². The van der Waals surface area contributed by atoms with Crippen molar-refractivity contribution in [2.24, 2.45) is 0 Å². The second-order valence-corrected chi connectivity index (χ2v) is 0. The molecule has 0 aliphatic carbocycles. The van der Waals surface area contributed by atoms with Gasteiger partial charge in [-0.15, -0.1) is 0 Å². The van der Waals surface area contributed by atoms with E-state index in [1.165, 1.54) is 0 Å². The summed E-state index contributed by atoms with van der Waals surface area (Å²) in [5.74, 6) is 0. The zero-order valence-corrected chi connectivity index (χ0v) is 11.4. The van der Waals surface area contributed by atoms with Gasteiger partial charge in [-0.1, -0.05) is 0 Å². The molecule has 5 heteroatoms. The summed E-state index contributed by atoms with van der Waals surface area (Å²) >= 11 is 0. The molecular formula is CH4Br3HfO-3. The van der Waals surface area contributed by atoms with Crippen LogP contribution in [0.1, 0.15) is 0 Å². The Morgan fingerprint density at radius 2 is 0.833 bits per heavy atom. The average molecular weight is 450 g/mol. The van der Waals surface area contributed by atoms with Crippen LogP contribution in [0, 0.1) is 0 Å². The predicted molar refractivity (Wildman–Crippen MR) is 8.14 cm³/mol. The third kappa shape index (κ3) is 33.8. The van der Waals surface area contributed by atoms with Gasteiger partial charge in [0.25, 0.3) is 0 Å². The van der Waals surface area contributed by atoms with Gasteiger partial charge in [0.2, 0.25) is 0 Å². The molecule has 0 heterocycles. The summed E-state index contributed by atoms with van der Waals surface area (Å²) in [4.78, 5) is 0.